The number of hydrogen-bond acceptors (Lipinski definition) is 3. The molecular formula is C16H25IN4S. The fraction of sp³-hybridized carbons (Fsp3) is 0.562. The molecular weight excluding hydrogens is 407 g/mol. The Balaban J connectivity index is 0.00000176. The second kappa shape index (κ2) is 8.29. The molecule has 1 atom stereocenters. The molecule has 0 amide bonds. The van der Waals surface area contributed by atoms with Gasteiger partial charge in [-0.1, -0.05) is 18.2 Å². The molecule has 2 N–H and O–H groups in total. The van der Waals surface area contributed by atoms with Gasteiger partial charge in [0.05, 0.1) is 6.54 Å². The van der Waals surface area contributed by atoms with E-state index in [9.17, 15) is 0 Å². The van der Waals surface area contributed by atoms with E-state index in [0.717, 1.165) is 50.1 Å². The summed E-state index contributed by atoms with van der Waals surface area (Å²) in [5, 5.41) is 0. The van der Waals surface area contributed by atoms with E-state index >= 15 is 0 Å². The molecule has 1 unspecified atom stereocenters. The predicted molar refractivity (Wildman–Crippen MR) is 108 cm³/mol. The van der Waals surface area contributed by atoms with Crippen molar-refractivity contribution in [2.24, 2.45) is 10.7 Å². The standard InChI is InChI=1S/C16H24N4S.HI/c1-13-12-14-4-2-3-5-15(14)20(13)7-6-18-16(17)19-8-10-21-11-9-19;/h2-5,13H,6-12H2,1H3,(H2,17,18);1H. The summed E-state index contributed by atoms with van der Waals surface area (Å²) < 4.78 is 0. The van der Waals surface area contributed by atoms with E-state index in [2.05, 4.69) is 46.0 Å². The number of anilines is 1. The maximum absolute atomic E-state index is 6.11. The number of guanidine groups is 1. The van der Waals surface area contributed by atoms with Crippen LogP contribution in [0.2, 0.25) is 0 Å². The van der Waals surface area contributed by atoms with Gasteiger partial charge in [0.2, 0.25) is 0 Å². The van der Waals surface area contributed by atoms with Gasteiger partial charge in [0, 0.05) is 42.9 Å². The second-order valence-corrected chi connectivity index (χ2v) is 6.94. The summed E-state index contributed by atoms with van der Waals surface area (Å²) in [5.41, 5.74) is 8.93. The highest BCUT2D eigenvalue weighted by Gasteiger charge is 2.24. The zero-order chi connectivity index (χ0) is 14.7. The SMILES string of the molecule is CC1Cc2ccccc2N1CCN=C(N)N1CCSCC1.I. The van der Waals surface area contributed by atoms with E-state index in [1.165, 1.54) is 11.3 Å². The molecule has 1 fully saturated rings. The number of rotatable bonds is 3. The average molecular weight is 432 g/mol. The molecule has 0 saturated carbocycles. The minimum absolute atomic E-state index is 0. The van der Waals surface area contributed by atoms with Gasteiger partial charge >= 0.3 is 0 Å². The monoisotopic (exact) mass is 432 g/mol. The van der Waals surface area contributed by atoms with Crippen LogP contribution in [-0.4, -0.2) is 54.6 Å². The van der Waals surface area contributed by atoms with Gasteiger partial charge in [0.15, 0.2) is 5.96 Å². The first-order chi connectivity index (χ1) is 10.3. The molecule has 2 aliphatic rings. The highest BCUT2D eigenvalue weighted by Crippen LogP contribution is 2.31. The molecule has 22 heavy (non-hydrogen) atoms. The summed E-state index contributed by atoms with van der Waals surface area (Å²) in [6.45, 7) is 6.07. The van der Waals surface area contributed by atoms with E-state index in [1.807, 2.05) is 11.8 Å². The molecule has 0 radical (unpaired) electrons. The maximum atomic E-state index is 6.11. The Kier molecular flexibility index (Phi) is 6.67. The number of thioether (sulfide) groups is 1. The molecule has 0 bridgehead atoms. The fourth-order valence-corrected chi connectivity index (χ4v) is 4.04. The third kappa shape index (κ3) is 4.01. The van der Waals surface area contributed by atoms with E-state index < -0.39 is 0 Å². The average Bonchev–Trinajstić information content (AvgIpc) is 2.84. The van der Waals surface area contributed by atoms with Crippen LogP contribution >= 0.6 is 35.7 Å². The molecule has 1 aromatic rings. The van der Waals surface area contributed by atoms with Crippen LogP contribution in [0.5, 0.6) is 0 Å². The number of aliphatic imine (C=N–C) groups is 1. The van der Waals surface area contributed by atoms with E-state index in [0.29, 0.717) is 6.04 Å². The van der Waals surface area contributed by atoms with Gasteiger partial charge in [0.1, 0.15) is 0 Å². The third-order valence-electron chi connectivity index (χ3n) is 4.30. The van der Waals surface area contributed by atoms with Gasteiger partial charge in [-0.2, -0.15) is 11.8 Å². The lowest BCUT2D eigenvalue weighted by Gasteiger charge is -2.28. The first-order valence-electron chi connectivity index (χ1n) is 7.73. The van der Waals surface area contributed by atoms with Crippen LogP contribution in [0, 0.1) is 0 Å². The number of para-hydroxylation sites is 1. The lowest BCUT2D eigenvalue weighted by Crippen LogP contribution is -2.43. The quantitative estimate of drug-likeness (QED) is 0.453. The van der Waals surface area contributed by atoms with Gasteiger partial charge in [-0.3, -0.25) is 4.99 Å². The number of nitrogens with zero attached hydrogens (tertiary/aromatic N) is 3. The van der Waals surface area contributed by atoms with Crippen molar-refractivity contribution in [1.29, 1.82) is 0 Å². The molecule has 4 nitrogen and oxygen atoms in total. The Morgan fingerprint density at radius 2 is 2.05 bits per heavy atom. The summed E-state index contributed by atoms with van der Waals surface area (Å²) in [5.74, 6) is 3.04. The minimum atomic E-state index is 0. The first kappa shape index (κ1) is 17.7. The molecule has 1 aromatic carbocycles. The lowest BCUT2D eigenvalue weighted by molar-refractivity contribution is 0.455. The van der Waals surface area contributed by atoms with Crippen LogP contribution in [0.1, 0.15) is 12.5 Å². The molecule has 1 saturated heterocycles. The van der Waals surface area contributed by atoms with Crippen molar-refractivity contribution < 1.29 is 0 Å². The van der Waals surface area contributed by atoms with Crippen molar-refractivity contribution in [3.8, 4) is 0 Å². The maximum Gasteiger partial charge on any atom is 0.191 e. The predicted octanol–water partition coefficient (Wildman–Crippen LogP) is 2.42. The molecule has 2 aliphatic heterocycles. The van der Waals surface area contributed by atoms with Gasteiger partial charge in [-0.25, -0.2) is 0 Å². The van der Waals surface area contributed by atoms with Crippen LogP contribution in [0.25, 0.3) is 0 Å². The van der Waals surface area contributed by atoms with Crippen molar-refractivity contribution in [2.45, 2.75) is 19.4 Å². The smallest absolute Gasteiger partial charge is 0.191 e. The Morgan fingerprint density at radius 3 is 2.82 bits per heavy atom. The topological polar surface area (TPSA) is 44.9 Å². The fourth-order valence-electron chi connectivity index (χ4n) is 3.14. The number of halogens is 1. The molecule has 6 heteroatoms. The minimum Gasteiger partial charge on any atom is -0.370 e. The molecule has 0 aromatic heterocycles. The normalized spacial score (nSPS) is 21.5. The third-order valence-corrected chi connectivity index (χ3v) is 5.24. The molecule has 0 aliphatic carbocycles. The lowest BCUT2D eigenvalue weighted by atomic mass is 10.1. The Morgan fingerprint density at radius 1 is 1.32 bits per heavy atom. The van der Waals surface area contributed by atoms with Crippen molar-refractivity contribution in [2.75, 3.05) is 42.6 Å². The van der Waals surface area contributed by atoms with Crippen LogP contribution < -0.4 is 10.6 Å². The van der Waals surface area contributed by atoms with Crippen LogP contribution in [-0.2, 0) is 6.42 Å². The first-order valence-corrected chi connectivity index (χ1v) is 8.88. The molecule has 122 valence electrons. The number of fused-ring (bicyclic) bond motifs is 1. The molecule has 2 heterocycles. The number of benzene rings is 1. The summed E-state index contributed by atoms with van der Waals surface area (Å²) in [7, 11) is 0. The zero-order valence-electron chi connectivity index (χ0n) is 13.1. The van der Waals surface area contributed by atoms with Gasteiger partial charge in [-0.15, -0.1) is 24.0 Å². The Bertz CT molecular complexity index is 517. The van der Waals surface area contributed by atoms with E-state index in [1.54, 1.807) is 0 Å². The second-order valence-electron chi connectivity index (χ2n) is 5.71. The van der Waals surface area contributed by atoms with Crippen LogP contribution in [0.4, 0.5) is 5.69 Å². The largest absolute Gasteiger partial charge is 0.370 e. The van der Waals surface area contributed by atoms with Crippen molar-refractivity contribution in [3.63, 3.8) is 0 Å². The van der Waals surface area contributed by atoms with Crippen molar-refractivity contribution >= 4 is 47.4 Å². The zero-order valence-corrected chi connectivity index (χ0v) is 16.2. The van der Waals surface area contributed by atoms with Crippen molar-refractivity contribution in [1.82, 2.24) is 4.90 Å². The highest BCUT2D eigenvalue weighted by molar-refractivity contribution is 14.0. The number of hydrogen-bond donors (Lipinski definition) is 1. The Hall–Kier alpha value is -0.630. The highest BCUT2D eigenvalue weighted by atomic mass is 127. The summed E-state index contributed by atoms with van der Waals surface area (Å²) in [6.07, 6.45) is 1.14. The van der Waals surface area contributed by atoms with Crippen molar-refractivity contribution in [3.05, 3.63) is 29.8 Å². The van der Waals surface area contributed by atoms with E-state index in [-0.39, 0.29) is 24.0 Å². The molecule has 3 rings (SSSR count). The van der Waals surface area contributed by atoms with Crippen LogP contribution in [0.15, 0.2) is 29.3 Å². The molecule has 0 spiro atoms. The summed E-state index contributed by atoms with van der Waals surface area (Å²) in [4.78, 5) is 9.25. The van der Waals surface area contributed by atoms with E-state index in [4.69, 9.17) is 5.73 Å². The van der Waals surface area contributed by atoms with Gasteiger partial charge < -0.3 is 15.5 Å². The van der Waals surface area contributed by atoms with Crippen LogP contribution in [0.3, 0.4) is 0 Å². The summed E-state index contributed by atoms with van der Waals surface area (Å²) in [6, 6.07) is 9.25. The summed E-state index contributed by atoms with van der Waals surface area (Å²) >= 11 is 1.99. The Labute approximate surface area is 154 Å². The number of nitrogens with two attached hydrogens (primary N) is 1. The van der Waals surface area contributed by atoms with Gasteiger partial charge in [-0.05, 0) is 25.0 Å². The van der Waals surface area contributed by atoms with Gasteiger partial charge in [0.25, 0.3) is 0 Å².